The first-order chi connectivity index (χ1) is 12.6. The molecule has 3 nitrogen and oxygen atoms in total. The van der Waals surface area contributed by atoms with Crippen LogP contribution in [0.5, 0.6) is 0 Å². The van der Waals surface area contributed by atoms with Crippen molar-refractivity contribution < 1.29 is 0 Å². The number of allylic oxidation sites excluding steroid dienone is 5. The summed E-state index contributed by atoms with van der Waals surface area (Å²) in [7, 11) is 0. The Morgan fingerprint density at radius 2 is 1.35 bits per heavy atom. The van der Waals surface area contributed by atoms with Gasteiger partial charge in [-0.3, -0.25) is 0 Å². The first-order valence-corrected chi connectivity index (χ1v) is 8.46. The Labute approximate surface area is 152 Å². The number of nitrogens with two attached hydrogens (primary N) is 2. The second kappa shape index (κ2) is 6.37. The van der Waals surface area contributed by atoms with Crippen LogP contribution in [0.3, 0.4) is 0 Å². The average Bonchev–Trinajstić information content (AvgIpc) is 2.67. The first kappa shape index (κ1) is 15.9. The summed E-state index contributed by atoms with van der Waals surface area (Å²) in [4.78, 5) is 0. The molecule has 4 rings (SSSR count). The maximum absolute atomic E-state index is 7.79. The molecule has 0 saturated heterocycles. The fourth-order valence-electron chi connectivity index (χ4n) is 3.30. The summed E-state index contributed by atoms with van der Waals surface area (Å²) in [5.74, 6) is 0. The van der Waals surface area contributed by atoms with Crippen LogP contribution < -0.4 is 11.5 Å². The van der Waals surface area contributed by atoms with Gasteiger partial charge in [-0.2, -0.15) is 0 Å². The molecule has 0 bridgehead atoms. The molecule has 1 aliphatic carbocycles. The molecule has 0 aliphatic heterocycles. The summed E-state index contributed by atoms with van der Waals surface area (Å²) in [5.41, 5.74) is 18.4. The predicted octanol–water partition coefficient (Wildman–Crippen LogP) is 4.95. The lowest BCUT2D eigenvalue weighted by molar-refractivity contribution is 1.50. The third-order valence-electron chi connectivity index (χ3n) is 4.60. The van der Waals surface area contributed by atoms with Crippen LogP contribution in [0.4, 0.5) is 11.4 Å². The van der Waals surface area contributed by atoms with Crippen molar-refractivity contribution in [2.75, 3.05) is 11.5 Å². The van der Waals surface area contributed by atoms with Crippen molar-refractivity contribution in [1.82, 2.24) is 0 Å². The smallest absolute Gasteiger partial charge is 0.0540 e. The summed E-state index contributed by atoms with van der Waals surface area (Å²) >= 11 is 0. The van der Waals surface area contributed by atoms with E-state index in [0.29, 0.717) is 5.71 Å². The Bertz CT molecular complexity index is 1080. The van der Waals surface area contributed by atoms with E-state index in [0.717, 1.165) is 44.4 Å². The van der Waals surface area contributed by atoms with Crippen LogP contribution >= 0.6 is 0 Å². The molecule has 5 N–H and O–H groups in total. The summed E-state index contributed by atoms with van der Waals surface area (Å²) < 4.78 is 0. The van der Waals surface area contributed by atoms with E-state index in [1.807, 2.05) is 72.8 Å². The van der Waals surface area contributed by atoms with Crippen LogP contribution in [-0.2, 0) is 0 Å². The maximum atomic E-state index is 7.79. The molecule has 126 valence electrons. The number of hydrogen-bond donors (Lipinski definition) is 3. The fraction of sp³-hybridized carbons (Fsp3) is 0. The van der Waals surface area contributed by atoms with Crippen LogP contribution in [0.15, 0.2) is 90.5 Å². The molecule has 0 atom stereocenters. The highest BCUT2D eigenvalue weighted by molar-refractivity contribution is 6.07. The van der Waals surface area contributed by atoms with E-state index in [9.17, 15) is 0 Å². The molecule has 1 aliphatic rings. The van der Waals surface area contributed by atoms with Crippen molar-refractivity contribution in [3.63, 3.8) is 0 Å². The summed E-state index contributed by atoms with van der Waals surface area (Å²) in [6.45, 7) is 0. The van der Waals surface area contributed by atoms with E-state index in [-0.39, 0.29) is 0 Å². The van der Waals surface area contributed by atoms with E-state index in [4.69, 9.17) is 16.9 Å². The Hall–Kier alpha value is -3.59. The molecule has 0 heterocycles. The molecule has 3 aromatic carbocycles. The van der Waals surface area contributed by atoms with Crippen LogP contribution in [0.1, 0.15) is 11.1 Å². The average molecular weight is 337 g/mol. The molecule has 0 aromatic heterocycles. The normalized spacial score (nSPS) is 13.4. The monoisotopic (exact) mass is 337 g/mol. The van der Waals surface area contributed by atoms with E-state index >= 15 is 0 Å². The van der Waals surface area contributed by atoms with E-state index in [1.165, 1.54) is 0 Å². The SMILES string of the molecule is N=C1C=CC(=C(c2ccc(N)cc2)c2ccc(N)c3ccccc23)C=C1. The quantitative estimate of drug-likeness (QED) is 0.579. The van der Waals surface area contributed by atoms with Gasteiger partial charge in [0.05, 0.1) is 5.71 Å². The highest BCUT2D eigenvalue weighted by Gasteiger charge is 2.14. The number of nitrogens with one attached hydrogen (secondary N) is 1. The van der Waals surface area contributed by atoms with Gasteiger partial charge in [-0.05, 0) is 58.0 Å². The van der Waals surface area contributed by atoms with Gasteiger partial charge < -0.3 is 16.9 Å². The number of rotatable bonds is 2. The minimum absolute atomic E-state index is 0.493. The van der Waals surface area contributed by atoms with Gasteiger partial charge in [0.15, 0.2) is 0 Å². The van der Waals surface area contributed by atoms with Crippen LogP contribution in [0, 0.1) is 5.41 Å². The molecule has 0 spiro atoms. The standard InChI is InChI=1S/C23H19N3/c24-17-9-5-15(6-10-17)23(16-7-11-18(25)12-8-16)21-13-14-22(26)20-4-2-1-3-19(20)21/h1-14,24H,25-26H2. The molecule has 0 unspecified atom stereocenters. The Morgan fingerprint density at radius 3 is 2.04 bits per heavy atom. The first-order valence-electron chi connectivity index (χ1n) is 8.46. The van der Waals surface area contributed by atoms with Gasteiger partial charge in [0.2, 0.25) is 0 Å². The van der Waals surface area contributed by atoms with Gasteiger partial charge in [0.1, 0.15) is 0 Å². The Balaban J connectivity index is 2.05. The molecule has 0 fully saturated rings. The minimum Gasteiger partial charge on any atom is -0.399 e. The second-order valence-corrected chi connectivity index (χ2v) is 6.32. The van der Waals surface area contributed by atoms with Crippen LogP contribution in [0.2, 0.25) is 0 Å². The Kier molecular flexibility index (Phi) is 3.90. The number of nitrogen functional groups attached to an aromatic ring is 2. The van der Waals surface area contributed by atoms with Crippen molar-refractivity contribution in [2.45, 2.75) is 0 Å². The zero-order valence-electron chi connectivity index (χ0n) is 14.2. The van der Waals surface area contributed by atoms with E-state index in [2.05, 4.69) is 12.1 Å². The summed E-state index contributed by atoms with van der Waals surface area (Å²) in [6.07, 6.45) is 7.59. The lowest BCUT2D eigenvalue weighted by atomic mass is 9.87. The second-order valence-electron chi connectivity index (χ2n) is 6.32. The minimum atomic E-state index is 0.493. The number of benzene rings is 3. The van der Waals surface area contributed by atoms with Gasteiger partial charge >= 0.3 is 0 Å². The topological polar surface area (TPSA) is 75.9 Å². The van der Waals surface area contributed by atoms with Crippen molar-refractivity contribution in [3.05, 3.63) is 102 Å². The van der Waals surface area contributed by atoms with E-state index in [1.54, 1.807) is 0 Å². The summed E-state index contributed by atoms with van der Waals surface area (Å²) in [6, 6.07) is 20.1. The van der Waals surface area contributed by atoms with Gasteiger partial charge in [-0.15, -0.1) is 0 Å². The largest absolute Gasteiger partial charge is 0.399 e. The number of hydrogen-bond acceptors (Lipinski definition) is 3. The molecule has 26 heavy (non-hydrogen) atoms. The van der Waals surface area contributed by atoms with Gasteiger partial charge in [-0.1, -0.05) is 54.6 Å². The van der Waals surface area contributed by atoms with Crippen molar-refractivity contribution in [2.24, 2.45) is 0 Å². The molecule has 3 aromatic rings. The van der Waals surface area contributed by atoms with Gasteiger partial charge in [0.25, 0.3) is 0 Å². The number of fused-ring (bicyclic) bond motifs is 1. The third-order valence-corrected chi connectivity index (χ3v) is 4.60. The third kappa shape index (κ3) is 2.80. The van der Waals surface area contributed by atoms with Crippen LogP contribution in [0.25, 0.3) is 16.3 Å². The van der Waals surface area contributed by atoms with Crippen molar-refractivity contribution >= 4 is 33.4 Å². The van der Waals surface area contributed by atoms with Crippen molar-refractivity contribution in [1.29, 1.82) is 5.41 Å². The molecule has 3 heteroatoms. The molecular weight excluding hydrogens is 318 g/mol. The molecule has 0 radical (unpaired) electrons. The van der Waals surface area contributed by atoms with Gasteiger partial charge in [0, 0.05) is 16.8 Å². The van der Waals surface area contributed by atoms with E-state index < -0.39 is 0 Å². The maximum Gasteiger partial charge on any atom is 0.0540 e. The van der Waals surface area contributed by atoms with Crippen molar-refractivity contribution in [3.8, 4) is 0 Å². The van der Waals surface area contributed by atoms with Gasteiger partial charge in [-0.25, -0.2) is 0 Å². The molecular formula is C23H19N3. The highest BCUT2D eigenvalue weighted by atomic mass is 14.6. The summed E-state index contributed by atoms with van der Waals surface area (Å²) in [5, 5.41) is 9.93. The van der Waals surface area contributed by atoms with Crippen LogP contribution in [-0.4, -0.2) is 5.71 Å². The lowest BCUT2D eigenvalue weighted by Crippen LogP contribution is -1.99. The predicted molar refractivity (Wildman–Crippen MR) is 111 cm³/mol. The molecule has 0 amide bonds. The number of anilines is 2. The highest BCUT2D eigenvalue weighted by Crippen LogP contribution is 2.36. The molecule has 0 saturated carbocycles. The fourth-order valence-corrected chi connectivity index (χ4v) is 3.30. The lowest BCUT2D eigenvalue weighted by Gasteiger charge is -2.17. The Morgan fingerprint density at radius 1 is 0.692 bits per heavy atom. The zero-order chi connectivity index (χ0) is 18.1. The zero-order valence-corrected chi connectivity index (χ0v) is 14.2.